The molecule has 0 radical (unpaired) electrons. The lowest BCUT2D eigenvalue weighted by atomic mass is 10.1. The highest BCUT2D eigenvalue weighted by Crippen LogP contribution is 2.22. The van der Waals surface area contributed by atoms with Crippen LogP contribution in [0.2, 0.25) is 5.15 Å². The second kappa shape index (κ2) is 6.50. The number of nitrogens with zero attached hydrogens (tertiary/aromatic N) is 1. The molecule has 4 nitrogen and oxygen atoms in total. The SMILES string of the molecule is O=C(NCCc1c[nH]c2ccc(Br)cc12)c1cccnc1Cl. The zero-order valence-electron chi connectivity index (χ0n) is 11.6. The van der Waals surface area contributed by atoms with Gasteiger partial charge in [0.15, 0.2) is 0 Å². The van der Waals surface area contributed by atoms with Crippen molar-refractivity contribution in [3.63, 3.8) is 0 Å². The van der Waals surface area contributed by atoms with Crippen LogP contribution in [-0.4, -0.2) is 22.4 Å². The van der Waals surface area contributed by atoms with E-state index >= 15 is 0 Å². The van der Waals surface area contributed by atoms with Gasteiger partial charge in [-0.1, -0.05) is 27.5 Å². The predicted octanol–water partition coefficient (Wildman–Crippen LogP) is 3.95. The summed E-state index contributed by atoms with van der Waals surface area (Å²) < 4.78 is 1.03. The van der Waals surface area contributed by atoms with Gasteiger partial charge in [0.2, 0.25) is 0 Å². The van der Waals surface area contributed by atoms with Crippen molar-refractivity contribution in [3.8, 4) is 0 Å². The van der Waals surface area contributed by atoms with Gasteiger partial charge in [-0.05, 0) is 42.3 Å². The maximum atomic E-state index is 12.1. The van der Waals surface area contributed by atoms with Crippen molar-refractivity contribution in [1.29, 1.82) is 0 Å². The Morgan fingerprint density at radius 1 is 1.36 bits per heavy atom. The third kappa shape index (κ3) is 3.15. The summed E-state index contributed by atoms with van der Waals surface area (Å²) in [5, 5.41) is 4.24. The molecular weight excluding hydrogens is 366 g/mol. The number of carbonyl (C=O) groups is 1. The maximum Gasteiger partial charge on any atom is 0.254 e. The van der Waals surface area contributed by atoms with E-state index < -0.39 is 0 Å². The first kappa shape index (κ1) is 15.1. The molecule has 0 fully saturated rings. The molecule has 22 heavy (non-hydrogen) atoms. The number of rotatable bonds is 4. The summed E-state index contributed by atoms with van der Waals surface area (Å²) in [5.74, 6) is -0.209. The zero-order chi connectivity index (χ0) is 15.5. The smallest absolute Gasteiger partial charge is 0.254 e. The van der Waals surface area contributed by atoms with Crippen LogP contribution < -0.4 is 5.32 Å². The molecule has 0 aliphatic rings. The molecule has 0 saturated heterocycles. The van der Waals surface area contributed by atoms with Gasteiger partial charge in [-0.2, -0.15) is 0 Å². The van der Waals surface area contributed by atoms with Gasteiger partial charge < -0.3 is 10.3 Å². The van der Waals surface area contributed by atoms with Crippen molar-refractivity contribution < 1.29 is 4.79 Å². The van der Waals surface area contributed by atoms with Gasteiger partial charge in [0.05, 0.1) is 5.56 Å². The summed E-state index contributed by atoms with van der Waals surface area (Å²) in [4.78, 5) is 19.2. The number of halogens is 2. The maximum absolute atomic E-state index is 12.1. The van der Waals surface area contributed by atoms with Crippen LogP contribution in [0.5, 0.6) is 0 Å². The monoisotopic (exact) mass is 377 g/mol. The molecule has 1 aromatic carbocycles. The number of pyridine rings is 1. The fourth-order valence-electron chi connectivity index (χ4n) is 2.32. The quantitative estimate of drug-likeness (QED) is 0.675. The molecule has 3 rings (SSSR count). The summed E-state index contributed by atoms with van der Waals surface area (Å²) in [6, 6.07) is 9.44. The zero-order valence-corrected chi connectivity index (χ0v) is 13.9. The number of hydrogen-bond acceptors (Lipinski definition) is 2. The fraction of sp³-hybridized carbons (Fsp3) is 0.125. The Bertz CT molecular complexity index is 831. The molecule has 0 atom stereocenters. The standard InChI is InChI=1S/C16H13BrClN3O/c17-11-3-4-14-13(8-11)10(9-21-14)5-7-20-16(22)12-2-1-6-19-15(12)18/h1-4,6,8-9,21H,5,7H2,(H,20,22). The normalized spacial score (nSPS) is 10.8. The first-order valence-electron chi connectivity index (χ1n) is 6.79. The van der Waals surface area contributed by atoms with Crippen LogP contribution in [0.4, 0.5) is 0 Å². The van der Waals surface area contributed by atoms with Crippen LogP contribution in [0.15, 0.2) is 47.2 Å². The number of aromatic amines is 1. The number of benzene rings is 1. The number of hydrogen-bond donors (Lipinski definition) is 2. The Hall–Kier alpha value is -1.85. The molecule has 0 aliphatic carbocycles. The van der Waals surface area contributed by atoms with Crippen molar-refractivity contribution in [1.82, 2.24) is 15.3 Å². The number of aromatic nitrogens is 2. The van der Waals surface area contributed by atoms with Crippen molar-refractivity contribution in [2.24, 2.45) is 0 Å². The highest BCUT2D eigenvalue weighted by Gasteiger charge is 2.10. The van der Waals surface area contributed by atoms with E-state index in [2.05, 4.69) is 37.3 Å². The van der Waals surface area contributed by atoms with E-state index in [-0.39, 0.29) is 11.1 Å². The van der Waals surface area contributed by atoms with Gasteiger partial charge in [-0.3, -0.25) is 4.79 Å². The van der Waals surface area contributed by atoms with Crippen molar-refractivity contribution in [2.75, 3.05) is 6.54 Å². The molecule has 0 spiro atoms. The van der Waals surface area contributed by atoms with Crippen LogP contribution in [0, 0.1) is 0 Å². The molecule has 0 bridgehead atoms. The van der Waals surface area contributed by atoms with Crippen molar-refractivity contribution in [3.05, 3.63) is 63.5 Å². The second-order valence-electron chi connectivity index (χ2n) is 4.85. The van der Waals surface area contributed by atoms with Crippen LogP contribution in [0.3, 0.4) is 0 Å². The minimum atomic E-state index is -0.209. The lowest BCUT2D eigenvalue weighted by Crippen LogP contribution is -2.26. The van der Waals surface area contributed by atoms with E-state index in [1.807, 2.05) is 18.3 Å². The van der Waals surface area contributed by atoms with Crippen LogP contribution in [-0.2, 0) is 6.42 Å². The molecule has 2 heterocycles. The van der Waals surface area contributed by atoms with E-state index in [1.165, 1.54) is 0 Å². The Balaban J connectivity index is 1.66. The summed E-state index contributed by atoms with van der Waals surface area (Å²) in [6.45, 7) is 0.531. The molecule has 112 valence electrons. The van der Waals surface area contributed by atoms with E-state index in [1.54, 1.807) is 18.3 Å². The molecular formula is C16H13BrClN3O. The number of nitrogens with one attached hydrogen (secondary N) is 2. The first-order chi connectivity index (χ1) is 10.6. The highest BCUT2D eigenvalue weighted by molar-refractivity contribution is 9.10. The third-order valence-electron chi connectivity index (χ3n) is 3.41. The first-order valence-corrected chi connectivity index (χ1v) is 7.96. The van der Waals surface area contributed by atoms with Crippen LogP contribution >= 0.6 is 27.5 Å². The molecule has 2 N–H and O–H groups in total. The Morgan fingerprint density at radius 3 is 3.05 bits per heavy atom. The Kier molecular flexibility index (Phi) is 4.45. The van der Waals surface area contributed by atoms with Crippen LogP contribution in [0.1, 0.15) is 15.9 Å². The molecule has 0 aliphatic heterocycles. The summed E-state index contributed by atoms with van der Waals surface area (Å²) >= 11 is 9.39. The lowest BCUT2D eigenvalue weighted by molar-refractivity contribution is 0.0954. The molecule has 0 unspecified atom stereocenters. The molecule has 0 saturated carbocycles. The van der Waals surface area contributed by atoms with Gasteiger partial charge in [-0.25, -0.2) is 4.98 Å². The van der Waals surface area contributed by atoms with E-state index in [4.69, 9.17) is 11.6 Å². The highest BCUT2D eigenvalue weighted by atomic mass is 79.9. The average Bonchev–Trinajstić information content (AvgIpc) is 2.90. The largest absolute Gasteiger partial charge is 0.361 e. The Morgan fingerprint density at radius 2 is 2.23 bits per heavy atom. The molecule has 2 aromatic heterocycles. The number of carbonyl (C=O) groups excluding carboxylic acids is 1. The number of fused-ring (bicyclic) bond motifs is 1. The fourth-order valence-corrected chi connectivity index (χ4v) is 2.89. The molecule has 1 amide bonds. The van der Waals surface area contributed by atoms with E-state index in [0.29, 0.717) is 12.1 Å². The summed E-state index contributed by atoms with van der Waals surface area (Å²) in [7, 11) is 0. The van der Waals surface area contributed by atoms with E-state index in [0.717, 1.165) is 27.4 Å². The minimum absolute atomic E-state index is 0.209. The van der Waals surface area contributed by atoms with Gasteiger partial charge in [0.1, 0.15) is 5.15 Å². The van der Waals surface area contributed by atoms with Gasteiger partial charge in [0.25, 0.3) is 5.91 Å². The summed E-state index contributed by atoms with van der Waals surface area (Å²) in [6.07, 6.45) is 4.27. The predicted molar refractivity (Wildman–Crippen MR) is 91.3 cm³/mol. The third-order valence-corrected chi connectivity index (χ3v) is 4.21. The van der Waals surface area contributed by atoms with Crippen molar-refractivity contribution in [2.45, 2.75) is 6.42 Å². The Labute approximate surface area is 141 Å². The lowest BCUT2D eigenvalue weighted by Gasteiger charge is -2.06. The summed E-state index contributed by atoms with van der Waals surface area (Å²) in [5.41, 5.74) is 2.64. The molecule has 6 heteroatoms. The van der Waals surface area contributed by atoms with Gasteiger partial charge in [0, 0.05) is 34.3 Å². The van der Waals surface area contributed by atoms with Gasteiger partial charge >= 0.3 is 0 Å². The topological polar surface area (TPSA) is 57.8 Å². The van der Waals surface area contributed by atoms with Crippen LogP contribution in [0.25, 0.3) is 10.9 Å². The number of amides is 1. The second-order valence-corrected chi connectivity index (χ2v) is 6.13. The van der Waals surface area contributed by atoms with Gasteiger partial charge in [-0.15, -0.1) is 0 Å². The van der Waals surface area contributed by atoms with Crippen molar-refractivity contribution >= 4 is 44.3 Å². The minimum Gasteiger partial charge on any atom is -0.361 e. The average molecular weight is 379 g/mol. The number of H-pyrrole nitrogens is 1. The molecule has 3 aromatic rings. The van der Waals surface area contributed by atoms with E-state index in [9.17, 15) is 4.79 Å².